The van der Waals surface area contributed by atoms with E-state index in [2.05, 4.69) is 9.62 Å². The molecule has 2 aromatic rings. The summed E-state index contributed by atoms with van der Waals surface area (Å²) < 4.78 is 56.3. The minimum absolute atomic E-state index is 0.0239. The zero-order valence-electron chi connectivity index (χ0n) is 14.8. The van der Waals surface area contributed by atoms with E-state index in [1.54, 1.807) is 12.3 Å². The van der Waals surface area contributed by atoms with Gasteiger partial charge in [0.05, 0.1) is 31.3 Å². The molecule has 0 spiro atoms. The molecular formula is C18H23FN2O5S. The van der Waals surface area contributed by atoms with Gasteiger partial charge in [-0.25, -0.2) is 17.5 Å². The second kappa shape index (κ2) is 9.32. The Morgan fingerprint density at radius 1 is 1.19 bits per heavy atom. The van der Waals surface area contributed by atoms with Gasteiger partial charge in [-0.1, -0.05) is 0 Å². The van der Waals surface area contributed by atoms with Gasteiger partial charge < -0.3 is 13.9 Å². The SMILES string of the molecule is O=S(=O)(CCOc1ccc(F)cc1)NCC(c1ccco1)N1CCOCC1. The Morgan fingerprint density at radius 2 is 1.93 bits per heavy atom. The highest BCUT2D eigenvalue weighted by molar-refractivity contribution is 7.89. The van der Waals surface area contributed by atoms with Gasteiger partial charge in [-0.15, -0.1) is 0 Å². The van der Waals surface area contributed by atoms with Crippen LogP contribution < -0.4 is 9.46 Å². The molecule has 7 nitrogen and oxygen atoms in total. The third-order valence-electron chi connectivity index (χ3n) is 4.29. The lowest BCUT2D eigenvalue weighted by molar-refractivity contribution is 0.0128. The first kappa shape index (κ1) is 19.8. The highest BCUT2D eigenvalue weighted by atomic mass is 32.2. The lowest BCUT2D eigenvalue weighted by Crippen LogP contribution is -2.44. The molecular weight excluding hydrogens is 375 g/mol. The standard InChI is InChI=1S/C18H23FN2O5S/c19-15-3-5-16(6-4-15)25-12-13-27(22,23)20-14-17(18-2-1-9-26-18)21-7-10-24-11-8-21/h1-6,9,17,20H,7-8,10-14H2. The van der Waals surface area contributed by atoms with Gasteiger partial charge in [0.2, 0.25) is 10.0 Å². The Bertz CT molecular complexity index is 790. The van der Waals surface area contributed by atoms with Crippen LogP contribution >= 0.6 is 0 Å². The van der Waals surface area contributed by atoms with E-state index in [1.807, 2.05) is 6.07 Å². The van der Waals surface area contributed by atoms with Crippen LogP contribution in [0, 0.1) is 5.82 Å². The molecule has 9 heteroatoms. The number of furan rings is 1. The Labute approximate surface area is 158 Å². The molecule has 0 radical (unpaired) electrons. The molecule has 148 valence electrons. The second-order valence-corrected chi connectivity index (χ2v) is 8.08. The van der Waals surface area contributed by atoms with E-state index in [-0.39, 0.29) is 30.8 Å². The molecule has 2 heterocycles. The molecule has 1 aliphatic heterocycles. The van der Waals surface area contributed by atoms with Crippen molar-refractivity contribution in [1.29, 1.82) is 0 Å². The van der Waals surface area contributed by atoms with Gasteiger partial charge in [0.1, 0.15) is 23.9 Å². The summed E-state index contributed by atoms with van der Waals surface area (Å²) in [5.74, 6) is 0.567. The summed E-state index contributed by atoms with van der Waals surface area (Å²) in [6.07, 6.45) is 1.58. The summed E-state index contributed by atoms with van der Waals surface area (Å²) in [6.45, 7) is 2.81. The van der Waals surface area contributed by atoms with Gasteiger partial charge in [-0.05, 0) is 36.4 Å². The molecule has 3 rings (SSSR count). The second-order valence-electron chi connectivity index (χ2n) is 6.15. The Hall–Kier alpha value is -1.94. The summed E-state index contributed by atoms with van der Waals surface area (Å²) in [7, 11) is -3.53. The van der Waals surface area contributed by atoms with E-state index in [0.29, 0.717) is 37.8 Å². The van der Waals surface area contributed by atoms with E-state index >= 15 is 0 Å². The van der Waals surface area contributed by atoms with Crippen LogP contribution in [0.4, 0.5) is 4.39 Å². The normalized spacial score (nSPS) is 16.9. The van der Waals surface area contributed by atoms with Crippen molar-refractivity contribution in [3.05, 3.63) is 54.2 Å². The van der Waals surface area contributed by atoms with Crippen LogP contribution in [-0.2, 0) is 14.8 Å². The molecule has 0 amide bonds. The van der Waals surface area contributed by atoms with Crippen LogP contribution in [0.5, 0.6) is 5.75 Å². The van der Waals surface area contributed by atoms with Gasteiger partial charge in [-0.2, -0.15) is 0 Å². The monoisotopic (exact) mass is 398 g/mol. The van der Waals surface area contributed by atoms with Crippen molar-refractivity contribution in [2.75, 3.05) is 45.2 Å². The van der Waals surface area contributed by atoms with Crippen molar-refractivity contribution in [2.24, 2.45) is 0 Å². The average Bonchev–Trinajstić information content (AvgIpc) is 3.19. The number of nitrogens with one attached hydrogen (secondary N) is 1. The predicted molar refractivity (Wildman–Crippen MR) is 97.5 cm³/mol. The average molecular weight is 398 g/mol. The molecule has 0 aliphatic carbocycles. The Morgan fingerprint density at radius 3 is 2.59 bits per heavy atom. The van der Waals surface area contributed by atoms with Gasteiger partial charge in [0.15, 0.2) is 0 Å². The lowest BCUT2D eigenvalue weighted by atomic mass is 10.2. The van der Waals surface area contributed by atoms with Crippen molar-refractivity contribution in [3.63, 3.8) is 0 Å². The van der Waals surface area contributed by atoms with Crippen molar-refractivity contribution in [2.45, 2.75) is 6.04 Å². The van der Waals surface area contributed by atoms with Crippen LogP contribution in [0.1, 0.15) is 11.8 Å². The summed E-state index contributed by atoms with van der Waals surface area (Å²) in [5, 5.41) is 0. The minimum atomic E-state index is -3.53. The van der Waals surface area contributed by atoms with E-state index in [0.717, 1.165) is 0 Å². The third kappa shape index (κ3) is 6.03. The molecule has 1 unspecified atom stereocenters. The highest BCUT2D eigenvalue weighted by Gasteiger charge is 2.26. The molecule has 0 bridgehead atoms. The fourth-order valence-electron chi connectivity index (χ4n) is 2.86. The minimum Gasteiger partial charge on any atom is -0.492 e. The van der Waals surface area contributed by atoms with Crippen LogP contribution in [-0.4, -0.2) is 58.5 Å². The maximum atomic E-state index is 12.9. The fourth-order valence-corrected chi connectivity index (χ4v) is 3.72. The number of hydrogen-bond acceptors (Lipinski definition) is 6. The summed E-state index contributed by atoms with van der Waals surface area (Å²) >= 11 is 0. The topological polar surface area (TPSA) is 81.0 Å². The number of rotatable bonds is 9. The largest absolute Gasteiger partial charge is 0.492 e. The quantitative estimate of drug-likeness (QED) is 0.694. The third-order valence-corrected chi connectivity index (χ3v) is 5.60. The molecule has 1 saturated heterocycles. The van der Waals surface area contributed by atoms with Crippen LogP contribution in [0.2, 0.25) is 0 Å². The molecule has 0 saturated carbocycles. The smallest absolute Gasteiger partial charge is 0.215 e. The molecule has 1 fully saturated rings. The van der Waals surface area contributed by atoms with Crippen LogP contribution in [0.15, 0.2) is 47.1 Å². The van der Waals surface area contributed by atoms with Crippen molar-refractivity contribution in [3.8, 4) is 5.75 Å². The van der Waals surface area contributed by atoms with E-state index < -0.39 is 10.0 Å². The molecule has 1 N–H and O–H groups in total. The zero-order valence-corrected chi connectivity index (χ0v) is 15.7. The van der Waals surface area contributed by atoms with Crippen LogP contribution in [0.25, 0.3) is 0 Å². The predicted octanol–water partition coefficient (Wildman–Crippen LogP) is 1.79. The van der Waals surface area contributed by atoms with Gasteiger partial charge in [0, 0.05) is 19.6 Å². The molecule has 1 aliphatic rings. The summed E-state index contributed by atoms with van der Waals surface area (Å²) in [6, 6.07) is 8.87. The number of halogens is 1. The van der Waals surface area contributed by atoms with Gasteiger partial charge in [-0.3, -0.25) is 4.90 Å². The van der Waals surface area contributed by atoms with Gasteiger partial charge >= 0.3 is 0 Å². The van der Waals surface area contributed by atoms with E-state index in [9.17, 15) is 12.8 Å². The lowest BCUT2D eigenvalue weighted by Gasteiger charge is -2.33. The Kier molecular flexibility index (Phi) is 6.84. The maximum absolute atomic E-state index is 12.9. The number of nitrogens with zero attached hydrogens (tertiary/aromatic N) is 1. The number of morpholine rings is 1. The number of benzene rings is 1. The van der Waals surface area contributed by atoms with Crippen LogP contribution in [0.3, 0.4) is 0 Å². The van der Waals surface area contributed by atoms with Gasteiger partial charge in [0.25, 0.3) is 0 Å². The molecule has 1 atom stereocenters. The first-order valence-electron chi connectivity index (χ1n) is 8.74. The molecule has 1 aromatic carbocycles. The molecule has 1 aromatic heterocycles. The maximum Gasteiger partial charge on any atom is 0.215 e. The fraction of sp³-hybridized carbons (Fsp3) is 0.444. The summed E-state index contributed by atoms with van der Waals surface area (Å²) in [5.41, 5.74) is 0. The zero-order chi connectivity index (χ0) is 19.1. The number of sulfonamides is 1. The Balaban J connectivity index is 1.52. The van der Waals surface area contributed by atoms with Crippen molar-refractivity contribution >= 4 is 10.0 Å². The molecule has 27 heavy (non-hydrogen) atoms. The first-order chi connectivity index (χ1) is 13.0. The highest BCUT2D eigenvalue weighted by Crippen LogP contribution is 2.22. The number of ether oxygens (including phenoxy) is 2. The first-order valence-corrected chi connectivity index (χ1v) is 10.4. The van der Waals surface area contributed by atoms with Crippen molar-refractivity contribution in [1.82, 2.24) is 9.62 Å². The number of hydrogen-bond donors (Lipinski definition) is 1. The summed E-state index contributed by atoms with van der Waals surface area (Å²) in [4.78, 5) is 2.14. The van der Waals surface area contributed by atoms with Crippen molar-refractivity contribution < 1.29 is 26.7 Å². The van der Waals surface area contributed by atoms with E-state index in [1.165, 1.54) is 24.3 Å². The van der Waals surface area contributed by atoms with E-state index in [4.69, 9.17) is 13.9 Å².